The van der Waals surface area contributed by atoms with Crippen LogP contribution in [0.2, 0.25) is 0 Å². The lowest BCUT2D eigenvalue weighted by atomic mass is 9.82. The molecule has 2 aromatic heterocycles. The molecule has 45 heavy (non-hydrogen) atoms. The molecule has 2 heteroatoms. The van der Waals surface area contributed by atoms with Crippen molar-refractivity contribution < 1.29 is 0 Å². The van der Waals surface area contributed by atoms with Crippen LogP contribution in [0.15, 0.2) is 146 Å². The Morgan fingerprint density at radius 2 is 1.02 bits per heavy atom. The highest BCUT2D eigenvalue weighted by molar-refractivity contribution is 6.17. The molecule has 0 spiro atoms. The molecular weight excluding hydrogens is 544 g/mol. The second kappa shape index (κ2) is 8.74. The van der Waals surface area contributed by atoms with Crippen molar-refractivity contribution in [2.75, 3.05) is 0 Å². The van der Waals surface area contributed by atoms with Gasteiger partial charge in [-0.1, -0.05) is 105 Å². The van der Waals surface area contributed by atoms with Gasteiger partial charge in [-0.05, 0) is 87.6 Å². The Balaban J connectivity index is 1.28. The van der Waals surface area contributed by atoms with Gasteiger partial charge in [-0.2, -0.15) is 0 Å². The molecule has 1 aliphatic carbocycles. The summed E-state index contributed by atoms with van der Waals surface area (Å²) in [6.45, 7) is 4.72. The highest BCUT2D eigenvalue weighted by atomic mass is 15.0. The van der Waals surface area contributed by atoms with Crippen LogP contribution >= 0.6 is 0 Å². The molecule has 2 heterocycles. The first-order valence-electron chi connectivity index (χ1n) is 15.8. The molecular formula is C43H30N2. The molecule has 0 aliphatic heterocycles. The predicted octanol–water partition coefficient (Wildman–Crippen LogP) is 11.3. The van der Waals surface area contributed by atoms with Crippen LogP contribution < -0.4 is 0 Å². The maximum Gasteiger partial charge on any atom is 0.0547 e. The largest absolute Gasteiger partial charge is 0.309 e. The van der Waals surface area contributed by atoms with Crippen LogP contribution in [0.1, 0.15) is 25.0 Å². The number of fused-ring (bicyclic) bond motifs is 11. The molecule has 212 valence electrons. The smallest absolute Gasteiger partial charge is 0.0547 e. The van der Waals surface area contributed by atoms with Gasteiger partial charge in [-0.3, -0.25) is 0 Å². The summed E-state index contributed by atoms with van der Waals surface area (Å²) in [6, 6.07) is 53.8. The van der Waals surface area contributed by atoms with Crippen molar-refractivity contribution in [1.29, 1.82) is 0 Å². The summed E-state index contributed by atoms with van der Waals surface area (Å²) in [5.41, 5.74) is 12.8. The average molecular weight is 575 g/mol. The maximum absolute atomic E-state index is 2.46. The first kappa shape index (κ1) is 24.8. The van der Waals surface area contributed by atoms with Gasteiger partial charge in [0.25, 0.3) is 0 Å². The lowest BCUT2D eigenvalue weighted by Crippen LogP contribution is -2.14. The van der Waals surface area contributed by atoms with Crippen LogP contribution in [0.4, 0.5) is 0 Å². The summed E-state index contributed by atoms with van der Waals surface area (Å²) in [5.74, 6) is 0. The van der Waals surface area contributed by atoms with Gasteiger partial charge in [0.15, 0.2) is 0 Å². The standard InChI is InChI=1S/C43H30N2/c1-43(2)36-17-9-6-16-32(36)42-33-26-35-31-15-8-11-19-39(31)45(41(35)24-27(33)20-22-37(42)43)29-21-23-40-34(25-29)30-14-7-10-18-38(30)44(40)28-12-4-3-5-13-28/h3-26H,1-2H3. The molecule has 7 aromatic carbocycles. The number of aromatic nitrogens is 2. The third kappa shape index (κ3) is 3.24. The zero-order valence-corrected chi connectivity index (χ0v) is 25.3. The van der Waals surface area contributed by atoms with Gasteiger partial charge < -0.3 is 9.13 Å². The topological polar surface area (TPSA) is 9.86 Å². The van der Waals surface area contributed by atoms with Crippen molar-refractivity contribution in [2.45, 2.75) is 19.3 Å². The number of benzene rings is 7. The first-order valence-corrected chi connectivity index (χ1v) is 15.8. The SMILES string of the molecule is CC1(C)c2ccccc2-c2c1ccc1cc3c(cc21)c1ccccc1n3-c1ccc2c(c1)c1ccccc1n2-c1ccccc1. The first-order chi connectivity index (χ1) is 22.1. The van der Waals surface area contributed by atoms with Crippen LogP contribution in [-0.2, 0) is 5.41 Å². The van der Waals surface area contributed by atoms with Crippen LogP contribution in [-0.4, -0.2) is 9.13 Å². The fourth-order valence-electron chi connectivity index (χ4n) is 8.22. The molecule has 0 bridgehead atoms. The van der Waals surface area contributed by atoms with Crippen LogP contribution in [0.5, 0.6) is 0 Å². The van der Waals surface area contributed by atoms with E-state index in [1.54, 1.807) is 0 Å². The minimum absolute atomic E-state index is 0.0165. The van der Waals surface area contributed by atoms with Gasteiger partial charge in [0.2, 0.25) is 0 Å². The minimum atomic E-state index is -0.0165. The molecule has 0 unspecified atom stereocenters. The van der Waals surface area contributed by atoms with Gasteiger partial charge in [0.1, 0.15) is 0 Å². The van der Waals surface area contributed by atoms with E-state index in [-0.39, 0.29) is 5.41 Å². The quantitative estimate of drug-likeness (QED) is 0.194. The van der Waals surface area contributed by atoms with Crippen molar-refractivity contribution >= 4 is 54.4 Å². The van der Waals surface area contributed by atoms with Crippen LogP contribution in [0.3, 0.4) is 0 Å². The number of hydrogen-bond donors (Lipinski definition) is 0. The second-order valence-electron chi connectivity index (χ2n) is 13.0. The number of rotatable bonds is 2. The van der Waals surface area contributed by atoms with E-state index in [1.165, 1.54) is 88.0 Å². The summed E-state index contributed by atoms with van der Waals surface area (Å²) in [4.78, 5) is 0. The molecule has 2 nitrogen and oxygen atoms in total. The summed E-state index contributed by atoms with van der Waals surface area (Å²) in [7, 11) is 0. The van der Waals surface area contributed by atoms with E-state index in [1.807, 2.05) is 0 Å². The van der Waals surface area contributed by atoms with Gasteiger partial charge in [0, 0.05) is 38.3 Å². The zero-order valence-electron chi connectivity index (χ0n) is 25.3. The Kier molecular flexibility index (Phi) is 4.82. The van der Waals surface area contributed by atoms with E-state index in [2.05, 4.69) is 169 Å². The summed E-state index contributed by atoms with van der Waals surface area (Å²) in [6.07, 6.45) is 0. The van der Waals surface area contributed by atoms with Crippen molar-refractivity contribution in [3.05, 3.63) is 157 Å². The molecule has 0 saturated carbocycles. The molecule has 0 N–H and O–H groups in total. The fraction of sp³-hybridized carbons (Fsp3) is 0.0698. The second-order valence-corrected chi connectivity index (χ2v) is 13.0. The van der Waals surface area contributed by atoms with Crippen molar-refractivity contribution in [1.82, 2.24) is 9.13 Å². The molecule has 0 fully saturated rings. The summed E-state index contributed by atoms with van der Waals surface area (Å²) < 4.78 is 4.84. The molecule has 0 radical (unpaired) electrons. The molecule has 0 atom stereocenters. The Labute approximate surface area is 261 Å². The fourth-order valence-corrected chi connectivity index (χ4v) is 8.22. The molecule has 0 saturated heterocycles. The van der Waals surface area contributed by atoms with Crippen LogP contribution in [0.25, 0.3) is 76.9 Å². The number of para-hydroxylation sites is 3. The van der Waals surface area contributed by atoms with Crippen LogP contribution in [0, 0.1) is 0 Å². The third-order valence-corrected chi connectivity index (χ3v) is 10.3. The Morgan fingerprint density at radius 1 is 0.400 bits per heavy atom. The predicted molar refractivity (Wildman–Crippen MR) is 190 cm³/mol. The van der Waals surface area contributed by atoms with Gasteiger partial charge in [-0.15, -0.1) is 0 Å². The average Bonchev–Trinajstić information content (AvgIpc) is 3.67. The Hall–Kier alpha value is -5.60. The van der Waals surface area contributed by atoms with E-state index in [0.717, 1.165) is 0 Å². The lowest BCUT2D eigenvalue weighted by Gasteiger charge is -2.21. The Morgan fingerprint density at radius 3 is 1.80 bits per heavy atom. The summed E-state index contributed by atoms with van der Waals surface area (Å²) >= 11 is 0. The summed E-state index contributed by atoms with van der Waals surface area (Å²) in [5, 5.41) is 7.71. The minimum Gasteiger partial charge on any atom is -0.309 e. The Bertz CT molecular complexity index is 2670. The molecule has 1 aliphatic rings. The lowest BCUT2D eigenvalue weighted by molar-refractivity contribution is 0.661. The number of hydrogen-bond acceptors (Lipinski definition) is 0. The van der Waals surface area contributed by atoms with Crippen molar-refractivity contribution in [2.24, 2.45) is 0 Å². The van der Waals surface area contributed by atoms with Gasteiger partial charge in [0.05, 0.1) is 22.1 Å². The maximum atomic E-state index is 2.46. The number of nitrogens with zero attached hydrogens (tertiary/aromatic N) is 2. The molecule has 0 amide bonds. The highest BCUT2D eigenvalue weighted by Gasteiger charge is 2.36. The molecule has 10 rings (SSSR count). The monoisotopic (exact) mass is 574 g/mol. The highest BCUT2D eigenvalue weighted by Crippen LogP contribution is 2.52. The van der Waals surface area contributed by atoms with E-state index in [9.17, 15) is 0 Å². The van der Waals surface area contributed by atoms with E-state index in [0.29, 0.717) is 0 Å². The van der Waals surface area contributed by atoms with E-state index < -0.39 is 0 Å². The van der Waals surface area contributed by atoms with Gasteiger partial charge in [-0.25, -0.2) is 0 Å². The van der Waals surface area contributed by atoms with E-state index in [4.69, 9.17) is 0 Å². The normalized spacial score (nSPS) is 13.7. The third-order valence-electron chi connectivity index (χ3n) is 10.3. The van der Waals surface area contributed by atoms with E-state index >= 15 is 0 Å². The zero-order chi connectivity index (χ0) is 29.9. The van der Waals surface area contributed by atoms with Crippen molar-refractivity contribution in [3.8, 4) is 22.5 Å². The van der Waals surface area contributed by atoms with Crippen molar-refractivity contribution in [3.63, 3.8) is 0 Å². The van der Waals surface area contributed by atoms with Gasteiger partial charge >= 0.3 is 0 Å². The molecule has 9 aromatic rings.